The van der Waals surface area contributed by atoms with Crippen LogP contribution in [0.25, 0.3) is 10.9 Å². The molecule has 0 radical (unpaired) electrons. The number of nitrogens with one attached hydrogen (secondary N) is 1. The lowest BCUT2D eigenvalue weighted by Gasteiger charge is -2.13. The maximum atomic E-state index is 5.38. The standard InChI is InChI=1S/C25H25N3O2/c1-29-20-14-19(15-21(16-20)30-2)17-26-25-22-10-6-7-11-23(22)27-24(28-25)13-12-18-8-4-3-5-9-18/h3-11,14-16H,12-13,17H2,1-2H3,(H,26,27,28). The summed E-state index contributed by atoms with van der Waals surface area (Å²) in [5, 5.41) is 4.49. The fourth-order valence-corrected chi connectivity index (χ4v) is 3.43. The summed E-state index contributed by atoms with van der Waals surface area (Å²) in [6.07, 6.45) is 1.70. The third-order valence-corrected chi connectivity index (χ3v) is 5.00. The van der Waals surface area contributed by atoms with E-state index < -0.39 is 0 Å². The molecule has 4 rings (SSSR count). The van der Waals surface area contributed by atoms with E-state index in [-0.39, 0.29) is 0 Å². The van der Waals surface area contributed by atoms with Gasteiger partial charge in [0.2, 0.25) is 0 Å². The minimum atomic E-state index is 0.604. The Morgan fingerprint density at radius 3 is 2.17 bits per heavy atom. The van der Waals surface area contributed by atoms with E-state index in [2.05, 4.69) is 29.6 Å². The second kappa shape index (κ2) is 9.27. The summed E-state index contributed by atoms with van der Waals surface area (Å²) in [6, 6.07) is 24.4. The molecule has 0 saturated carbocycles. The molecule has 0 amide bonds. The number of benzene rings is 3. The summed E-state index contributed by atoms with van der Waals surface area (Å²) in [5.41, 5.74) is 3.29. The first kappa shape index (κ1) is 19.7. The zero-order valence-corrected chi connectivity index (χ0v) is 17.3. The predicted molar refractivity (Wildman–Crippen MR) is 120 cm³/mol. The molecular formula is C25H25N3O2. The lowest BCUT2D eigenvalue weighted by atomic mass is 10.1. The van der Waals surface area contributed by atoms with Gasteiger partial charge in [-0.1, -0.05) is 42.5 Å². The number of hydrogen-bond acceptors (Lipinski definition) is 5. The molecule has 4 aromatic rings. The van der Waals surface area contributed by atoms with Gasteiger partial charge in [0.05, 0.1) is 19.7 Å². The van der Waals surface area contributed by atoms with Gasteiger partial charge < -0.3 is 14.8 Å². The maximum absolute atomic E-state index is 5.38. The van der Waals surface area contributed by atoms with E-state index in [1.54, 1.807) is 14.2 Å². The number of nitrogens with zero attached hydrogens (tertiary/aromatic N) is 2. The quantitative estimate of drug-likeness (QED) is 0.450. The third kappa shape index (κ3) is 4.69. The number of hydrogen-bond donors (Lipinski definition) is 1. The first-order chi connectivity index (χ1) is 14.7. The molecule has 0 spiro atoms. The van der Waals surface area contributed by atoms with Gasteiger partial charge in [-0.2, -0.15) is 0 Å². The second-order valence-electron chi connectivity index (χ2n) is 7.07. The molecule has 0 saturated heterocycles. The third-order valence-electron chi connectivity index (χ3n) is 5.00. The van der Waals surface area contributed by atoms with Gasteiger partial charge >= 0.3 is 0 Å². The van der Waals surface area contributed by atoms with Crippen molar-refractivity contribution in [2.24, 2.45) is 0 Å². The van der Waals surface area contributed by atoms with Gasteiger partial charge in [-0.3, -0.25) is 0 Å². The van der Waals surface area contributed by atoms with Crippen molar-refractivity contribution in [3.8, 4) is 11.5 Å². The molecule has 5 heteroatoms. The minimum Gasteiger partial charge on any atom is -0.497 e. The predicted octanol–water partition coefficient (Wildman–Crippen LogP) is 5.04. The van der Waals surface area contributed by atoms with Crippen LogP contribution in [0.15, 0.2) is 72.8 Å². The van der Waals surface area contributed by atoms with Crippen LogP contribution in [0.1, 0.15) is 17.0 Å². The molecular weight excluding hydrogens is 374 g/mol. The average Bonchev–Trinajstić information content (AvgIpc) is 2.81. The Balaban J connectivity index is 1.58. The molecule has 0 fully saturated rings. The molecule has 0 bridgehead atoms. The largest absolute Gasteiger partial charge is 0.497 e. The summed E-state index contributed by atoms with van der Waals surface area (Å²) in [5.74, 6) is 3.21. The molecule has 0 atom stereocenters. The number of para-hydroxylation sites is 1. The summed E-state index contributed by atoms with van der Waals surface area (Å²) >= 11 is 0. The number of fused-ring (bicyclic) bond motifs is 1. The molecule has 30 heavy (non-hydrogen) atoms. The Hall–Kier alpha value is -3.60. The van der Waals surface area contributed by atoms with E-state index >= 15 is 0 Å². The van der Waals surface area contributed by atoms with Gasteiger partial charge in [-0.15, -0.1) is 0 Å². The Morgan fingerprint density at radius 1 is 0.733 bits per heavy atom. The van der Waals surface area contributed by atoms with E-state index in [9.17, 15) is 0 Å². The van der Waals surface area contributed by atoms with Crippen LogP contribution >= 0.6 is 0 Å². The van der Waals surface area contributed by atoms with Crippen molar-refractivity contribution in [3.63, 3.8) is 0 Å². The van der Waals surface area contributed by atoms with Crippen LogP contribution < -0.4 is 14.8 Å². The fraction of sp³-hybridized carbons (Fsp3) is 0.200. The number of anilines is 1. The highest BCUT2D eigenvalue weighted by atomic mass is 16.5. The number of methoxy groups -OCH3 is 2. The highest BCUT2D eigenvalue weighted by Crippen LogP contribution is 2.25. The van der Waals surface area contributed by atoms with E-state index in [4.69, 9.17) is 19.4 Å². The summed E-state index contributed by atoms with van der Waals surface area (Å²) in [7, 11) is 3.31. The van der Waals surface area contributed by atoms with Crippen molar-refractivity contribution < 1.29 is 9.47 Å². The lowest BCUT2D eigenvalue weighted by Crippen LogP contribution is -2.07. The Kier molecular flexibility index (Phi) is 6.09. The molecule has 0 unspecified atom stereocenters. The zero-order chi connectivity index (χ0) is 20.8. The van der Waals surface area contributed by atoms with Gasteiger partial charge in [0.1, 0.15) is 23.1 Å². The highest BCUT2D eigenvalue weighted by Gasteiger charge is 2.09. The fourth-order valence-electron chi connectivity index (χ4n) is 3.43. The van der Waals surface area contributed by atoms with Crippen LogP contribution in [0.2, 0.25) is 0 Å². The Labute approximate surface area is 176 Å². The van der Waals surface area contributed by atoms with E-state index in [1.807, 2.05) is 48.5 Å². The maximum Gasteiger partial charge on any atom is 0.137 e. The van der Waals surface area contributed by atoms with Crippen molar-refractivity contribution >= 4 is 16.7 Å². The van der Waals surface area contributed by atoms with E-state index in [0.29, 0.717) is 6.54 Å². The Bertz CT molecular complexity index is 1110. The monoisotopic (exact) mass is 399 g/mol. The molecule has 5 nitrogen and oxygen atoms in total. The van der Waals surface area contributed by atoms with Crippen LogP contribution in [-0.4, -0.2) is 24.2 Å². The molecule has 1 N–H and O–H groups in total. The van der Waals surface area contributed by atoms with Gasteiger partial charge in [-0.05, 0) is 41.8 Å². The normalized spacial score (nSPS) is 10.7. The smallest absolute Gasteiger partial charge is 0.137 e. The molecule has 1 heterocycles. The summed E-state index contributed by atoms with van der Waals surface area (Å²) in [6.45, 7) is 0.604. The van der Waals surface area contributed by atoms with Crippen molar-refractivity contribution in [1.29, 1.82) is 0 Å². The zero-order valence-electron chi connectivity index (χ0n) is 17.3. The van der Waals surface area contributed by atoms with E-state index in [0.717, 1.165) is 52.4 Å². The number of aryl methyl sites for hydroxylation is 2. The van der Waals surface area contributed by atoms with Crippen LogP contribution in [0.4, 0.5) is 5.82 Å². The van der Waals surface area contributed by atoms with Crippen molar-refractivity contribution in [2.75, 3.05) is 19.5 Å². The lowest BCUT2D eigenvalue weighted by molar-refractivity contribution is 0.393. The SMILES string of the molecule is COc1cc(CNc2nc(CCc3ccccc3)nc3ccccc23)cc(OC)c1. The second-order valence-corrected chi connectivity index (χ2v) is 7.07. The van der Waals surface area contributed by atoms with Crippen LogP contribution in [0.5, 0.6) is 11.5 Å². The van der Waals surface area contributed by atoms with Crippen LogP contribution in [0.3, 0.4) is 0 Å². The van der Waals surface area contributed by atoms with Crippen LogP contribution in [-0.2, 0) is 19.4 Å². The first-order valence-electron chi connectivity index (χ1n) is 10.0. The first-order valence-corrected chi connectivity index (χ1v) is 10.0. The highest BCUT2D eigenvalue weighted by molar-refractivity contribution is 5.89. The average molecular weight is 399 g/mol. The molecule has 3 aromatic carbocycles. The molecule has 0 aliphatic carbocycles. The van der Waals surface area contributed by atoms with E-state index in [1.165, 1.54) is 5.56 Å². The topological polar surface area (TPSA) is 56.3 Å². The summed E-state index contributed by atoms with van der Waals surface area (Å²) < 4.78 is 10.8. The van der Waals surface area contributed by atoms with Gasteiger partial charge in [0.25, 0.3) is 0 Å². The molecule has 0 aliphatic rings. The number of aromatic nitrogens is 2. The van der Waals surface area contributed by atoms with Gasteiger partial charge in [-0.25, -0.2) is 9.97 Å². The van der Waals surface area contributed by atoms with Crippen molar-refractivity contribution in [3.05, 3.63) is 89.7 Å². The van der Waals surface area contributed by atoms with Crippen molar-refractivity contribution in [2.45, 2.75) is 19.4 Å². The van der Waals surface area contributed by atoms with Crippen molar-refractivity contribution in [1.82, 2.24) is 9.97 Å². The molecule has 152 valence electrons. The van der Waals surface area contributed by atoms with Crippen LogP contribution in [0, 0.1) is 0 Å². The minimum absolute atomic E-state index is 0.604. The molecule has 0 aliphatic heterocycles. The van der Waals surface area contributed by atoms with Gasteiger partial charge in [0, 0.05) is 24.4 Å². The summed E-state index contributed by atoms with van der Waals surface area (Å²) in [4.78, 5) is 9.60. The Morgan fingerprint density at radius 2 is 1.43 bits per heavy atom. The number of rotatable bonds is 8. The van der Waals surface area contributed by atoms with Gasteiger partial charge in [0.15, 0.2) is 0 Å². The number of ether oxygens (including phenoxy) is 2. The molecule has 1 aromatic heterocycles.